The van der Waals surface area contributed by atoms with Crippen LogP contribution in [0.1, 0.15) is 55.6 Å². The minimum absolute atomic E-state index is 0.0806. The summed E-state index contributed by atoms with van der Waals surface area (Å²) in [5, 5.41) is 4.57. The van der Waals surface area contributed by atoms with Crippen LogP contribution < -0.4 is 11.1 Å². The molecule has 2 aromatic rings. The fourth-order valence-corrected chi connectivity index (χ4v) is 3.34. The fraction of sp³-hybridized carbons (Fsp3) is 0.381. The van der Waals surface area contributed by atoms with Gasteiger partial charge >= 0.3 is 5.97 Å². The fourth-order valence-electron chi connectivity index (χ4n) is 2.54. The van der Waals surface area contributed by atoms with Crippen molar-refractivity contribution in [1.29, 1.82) is 0 Å². The van der Waals surface area contributed by atoms with E-state index < -0.39 is 23.9 Å². The first kappa shape index (κ1) is 21.6. The molecule has 2 rings (SSSR count). The van der Waals surface area contributed by atoms with Crippen LogP contribution in [-0.2, 0) is 26.2 Å². The Labute approximate surface area is 169 Å². The Bertz CT molecular complexity index is 850. The summed E-state index contributed by atoms with van der Waals surface area (Å²) in [6.45, 7) is 7.93. The van der Waals surface area contributed by atoms with Crippen LogP contribution in [0.15, 0.2) is 35.7 Å². The highest BCUT2D eigenvalue weighted by Gasteiger charge is 2.20. The molecule has 0 spiro atoms. The molecule has 0 aliphatic carbocycles. The van der Waals surface area contributed by atoms with E-state index in [-0.39, 0.29) is 17.4 Å². The second-order valence-electron chi connectivity index (χ2n) is 7.60. The maximum absolute atomic E-state index is 12.2. The predicted molar refractivity (Wildman–Crippen MR) is 110 cm³/mol. The standard InChI is InChI=1S/C21H26N2O4S/c1-13(19(26)23-20-16(18(22)25)11-12-28-20)27-17(24)10-7-14-5-8-15(9-6-14)21(2,3)4/h5-6,8-9,11-13H,7,10H2,1-4H3,(H2,22,25)(H,23,26)/t13-/m0/s1. The minimum atomic E-state index is -0.974. The molecular formula is C21H26N2O4S. The highest BCUT2D eigenvalue weighted by molar-refractivity contribution is 7.14. The molecule has 1 aromatic carbocycles. The number of ether oxygens (including phenoxy) is 1. The van der Waals surface area contributed by atoms with E-state index in [0.717, 1.165) is 5.56 Å². The molecule has 0 aliphatic heterocycles. The van der Waals surface area contributed by atoms with E-state index in [1.54, 1.807) is 5.38 Å². The molecule has 28 heavy (non-hydrogen) atoms. The largest absolute Gasteiger partial charge is 0.453 e. The number of nitrogens with two attached hydrogens (primary N) is 1. The van der Waals surface area contributed by atoms with Crippen LogP contribution in [0.2, 0.25) is 0 Å². The molecule has 0 bridgehead atoms. The molecule has 0 saturated carbocycles. The molecule has 6 nitrogen and oxygen atoms in total. The van der Waals surface area contributed by atoms with Crippen LogP contribution >= 0.6 is 11.3 Å². The highest BCUT2D eigenvalue weighted by Crippen LogP contribution is 2.24. The van der Waals surface area contributed by atoms with Crippen molar-refractivity contribution in [3.63, 3.8) is 0 Å². The van der Waals surface area contributed by atoms with Gasteiger partial charge in [0.2, 0.25) is 0 Å². The van der Waals surface area contributed by atoms with E-state index in [1.165, 1.54) is 29.9 Å². The lowest BCUT2D eigenvalue weighted by Crippen LogP contribution is -2.30. The summed E-state index contributed by atoms with van der Waals surface area (Å²) in [6, 6.07) is 9.67. The Morgan fingerprint density at radius 3 is 2.36 bits per heavy atom. The van der Waals surface area contributed by atoms with Gasteiger partial charge in [-0.05, 0) is 41.3 Å². The zero-order valence-corrected chi connectivity index (χ0v) is 17.4. The van der Waals surface area contributed by atoms with Gasteiger partial charge in [-0.25, -0.2) is 0 Å². The first-order chi connectivity index (χ1) is 13.1. The van der Waals surface area contributed by atoms with Gasteiger partial charge in [-0.2, -0.15) is 0 Å². The Kier molecular flexibility index (Phi) is 6.96. The minimum Gasteiger partial charge on any atom is -0.453 e. The van der Waals surface area contributed by atoms with Gasteiger partial charge in [0.1, 0.15) is 5.00 Å². The number of carbonyl (C=O) groups excluding carboxylic acids is 3. The number of amides is 2. The highest BCUT2D eigenvalue weighted by atomic mass is 32.1. The van der Waals surface area contributed by atoms with Crippen LogP contribution in [0.5, 0.6) is 0 Å². The average Bonchev–Trinajstić information content (AvgIpc) is 3.08. The number of primary amides is 1. The van der Waals surface area contributed by atoms with Gasteiger partial charge < -0.3 is 15.8 Å². The molecule has 150 valence electrons. The Morgan fingerprint density at radius 1 is 1.14 bits per heavy atom. The van der Waals surface area contributed by atoms with E-state index in [9.17, 15) is 14.4 Å². The number of carbonyl (C=O) groups is 3. The van der Waals surface area contributed by atoms with Crippen LogP contribution in [-0.4, -0.2) is 23.9 Å². The smallest absolute Gasteiger partial charge is 0.306 e. The summed E-state index contributed by atoms with van der Waals surface area (Å²) in [7, 11) is 0. The van der Waals surface area contributed by atoms with E-state index in [2.05, 4.69) is 38.2 Å². The van der Waals surface area contributed by atoms with Gasteiger partial charge in [0.25, 0.3) is 11.8 Å². The second-order valence-corrected chi connectivity index (χ2v) is 8.51. The van der Waals surface area contributed by atoms with Crippen LogP contribution in [0.25, 0.3) is 0 Å². The number of aryl methyl sites for hydroxylation is 1. The van der Waals surface area contributed by atoms with Crippen molar-refractivity contribution in [2.24, 2.45) is 5.73 Å². The molecule has 2 amide bonds. The molecular weight excluding hydrogens is 376 g/mol. The Morgan fingerprint density at radius 2 is 1.79 bits per heavy atom. The third-order valence-corrected chi connectivity index (χ3v) is 5.11. The lowest BCUT2D eigenvalue weighted by molar-refractivity contribution is -0.153. The SMILES string of the molecule is C[C@H](OC(=O)CCc1ccc(C(C)(C)C)cc1)C(=O)Nc1sccc1C(N)=O. The van der Waals surface area contributed by atoms with Crippen molar-refractivity contribution in [1.82, 2.24) is 0 Å². The maximum Gasteiger partial charge on any atom is 0.306 e. The van der Waals surface area contributed by atoms with E-state index in [4.69, 9.17) is 10.5 Å². The quantitative estimate of drug-likeness (QED) is 0.691. The van der Waals surface area contributed by atoms with Crippen LogP contribution in [0.3, 0.4) is 0 Å². The van der Waals surface area contributed by atoms with Crippen molar-refractivity contribution in [3.8, 4) is 0 Å². The number of thiophene rings is 1. The van der Waals surface area contributed by atoms with Crippen LogP contribution in [0.4, 0.5) is 5.00 Å². The molecule has 1 atom stereocenters. The predicted octanol–water partition coefficient (Wildman–Crippen LogP) is 3.65. The van der Waals surface area contributed by atoms with E-state index >= 15 is 0 Å². The van der Waals surface area contributed by atoms with Crippen molar-refractivity contribution in [3.05, 3.63) is 52.4 Å². The van der Waals surface area contributed by atoms with Gasteiger partial charge in [0, 0.05) is 6.42 Å². The second kappa shape index (κ2) is 9.01. The van der Waals surface area contributed by atoms with E-state index in [0.29, 0.717) is 11.4 Å². The number of hydrogen-bond donors (Lipinski definition) is 2. The molecule has 7 heteroatoms. The van der Waals surface area contributed by atoms with Gasteiger partial charge in [-0.3, -0.25) is 14.4 Å². The van der Waals surface area contributed by atoms with Gasteiger partial charge in [0.15, 0.2) is 6.10 Å². The van der Waals surface area contributed by atoms with Crippen molar-refractivity contribution >= 4 is 34.1 Å². The normalized spacial score (nSPS) is 12.3. The molecule has 1 aromatic heterocycles. The van der Waals surface area contributed by atoms with Crippen molar-refractivity contribution in [2.75, 3.05) is 5.32 Å². The monoisotopic (exact) mass is 402 g/mol. The summed E-state index contributed by atoms with van der Waals surface area (Å²) >= 11 is 1.18. The molecule has 0 radical (unpaired) electrons. The maximum atomic E-state index is 12.2. The summed E-state index contributed by atoms with van der Waals surface area (Å²) in [5.74, 6) is -1.59. The van der Waals surface area contributed by atoms with Crippen molar-refractivity contribution in [2.45, 2.75) is 52.1 Å². The number of anilines is 1. The summed E-state index contributed by atoms with van der Waals surface area (Å²) in [5.41, 5.74) is 7.83. The van der Waals surface area contributed by atoms with Gasteiger partial charge in [-0.15, -0.1) is 11.3 Å². The first-order valence-electron chi connectivity index (χ1n) is 9.05. The first-order valence-corrected chi connectivity index (χ1v) is 9.93. The molecule has 0 unspecified atom stereocenters. The number of esters is 1. The number of benzene rings is 1. The summed E-state index contributed by atoms with van der Waals surface area (Å²) < 4.78 is 5.20. The number of rotatable bonds is 7. The Hall–Kier alpha value is -2.67. The van der Waals surface area contributed by atoms with Crippen molar-refractivity contribution < 1.29 is 19.1 Å². The van der Waals surface area contributed by atoms with Gasteiger partial charge in [0.05, 0.1) is 5.56 Å². The zero-order valence-electron chi connectivity index (χ0n) is 16.6. The Balaban J connectivity index is 1.84. The topological polar surface area (TPSA) is 98.5 Å². The average molecular weight is 403 g/mol. The molecule has 0 fully saturated rings. The summed E-state index contributed by atoms with van der Waals surface area (Å²) in [6.07, 6.45) is -0.259. The molecule has 1 heterocycles. The summed E-state index contributed by atoms with van der Waals surface area (Å²) in [4.78, 5) is 35.6. The van der Waals surface area contributed by atoms with Crippen LogP contribution in [0, 0.1) is 0 Å². The number of hydrogen-bond acceptors (Lipinski definition) is 5. The molecule has 0 aliphatic rings. The third-order valence-electron chi connectivity index (χ3n) is 4.28. The lowest BCUT2D eigenvalue weighted by atomic mass is 9.86. The van der Waals surface area contributed by atoms with Gasteiger partial charge in [-0.1, -0.05) is 45.0 Å². The molecule has 3 N–H and O–H groups in total. The lowest BCUT2D eigenvalue weighted by Gasteiger charge is -2.19. The van der Waals surface area contributed by atoms with E-state index in [1.807, 2.05) is 12.1 Å². The third kappa shape index (κ3) is 5.92. The molecule has 0 saturated heterocycles. The zero-order chi connectivity index (χ0) is 20.9. The number of nitrogens with one attached hydrogen (secondary N) is 1.